The lowest BCUT2D eigenvalue weighted by Gasteiger charge is -2.25. The van der Waals surface area contributed by atoms with Crippen LogP contribution in [-0.2, 0) is 0 Å². The standard InChI is InChI=1S/C54H46Si3/c1-55(2)47-20-8-5-15-37(47)44-33-45-46(34-52(44)55)54(36-24-26-51-43(32-36)39-17-7-10-22-49(39)57(51)29-13-14-30-57)41-19-4-3-18-40(41)53(45)35-23-25-50-42(31-35)38-16-6-9-21-48(38)56(50)27-11-12-28-56/h3-10,15-26,31-34H,11-14,27-30H2,1-2H3. The Morgan fingerprint density at radius 3 is 1.21 bits per heavy atom. The minimum Gasteiger partial charge on any atom is -0.0623 e. The molecule has 2 spiro atoms. The molecule has 0 bridgehead atoms. The first-order valence-electron chi connectivity index (χ1n) is 21.6. The van der Waals surface area contributed by atoms with Gasteiger partial charge in [0.2, 0.25) is 0 Å². The molecule has 8 aromatic carbocycles. The highest BCUT2D eigenvalue weighted by molar-refractivity contribution is 7.06. The second kappa shape index (κ2) is 11.5. The normalized spacial score (nSPS) is 18.2. The minimum absolute atomic E-state index is 1.36. The van der Waals surface area contributed by atoms with Crippen LogP contribution in [0.4, 0.5) is 0 Å². The molecule has 3 heteroatoms. The fraction of sp³-hybridized carbons (Fsp3) is 0.185. The van der Waals surface area contributed by atoms with Gasteiger partial charge in [0, 0.05) is 0 Å². The summed E-state index contributed by atoms with van der Waals surface area (Å²) in [6.07, 6.45) is 5.51. The lowest BCUT2D eigenvalue weighted by atomic mass is 9.84. The molecule has 0 unspecified atom stereocenters. The van der Waals surface area contributed by atoms with Crippen molar-refractivity contribution in [2.75, 3.05) is 0 Å². The van der Waals surface area contributed by atoms with Gasteiger partial charge in [-0.3, -0.25) is 0 Å². The van der Waals surface area contributed by atoms with Crippen LogP contribution in [0.1, 0.15) is 25.7 Å². The van der Waals surface area contributed by atoms with Gasteiger partial charge in [-0.2, -0.15) is 0 Å². The Balaban J connectivity index is 1.13. The van der Waals surface area contributed by atoms with Gasteiger partial charge >= 0.3 is 0 Å². The van der Waals surface area contributed by atoms with Gasteiger partial charge in [0.05, 0.1) is 0 Å². The van der Waals surface area contributed by atoms with Crippen LogP contribution in [0, 0.1) is 0 Å². The molecular formula is C54H46Si3. The molecule has 5 aliphatic rings. The Morgan fingerprint density at radius 1 is 0.316 bits per heavy atom. The molecule has 0 nitrogen and oxygen atoms in total. The average molecular weight is 779 g/mol. The smallest absolute Gasteiger partial charge is 0.0623 e. The van der Waals surface area contributed by atoms with E-state index < -0.39 is 24.2 Å². The van der Waals surface area contributed by atoms with E-state index in [1.807, 2.05) is 0 Å². The van der Waals surface area contributed by atoms with E-state index in [4.69, 9.17) is 0 Å². The summed E-state index contributed by atoms with van der Waals surface area (Å²) in [5, 5.41) is 15.5. The Morgan fingerprint density at radius 2 is 0.702 bits per heavy atom. The molecule has 0 amide bonds. The number of fused-ring (bicyclic) bond motifs is 15. The van der Waals surface area contributed by atoms with E-state index in [-0.39, 0.29) is 0 Å². The zero-order chi connectivity index (χ0) is 37.7. The molecule has 2 fully saturated rings. The molecule has 8 aromatic rings. The topological polar surface area (TPSA) is 0 Å². The first-order valence-corrected chi connectivity index (χ1v) is 29.4. The SMILES string of the molecule is C[Si]1(C)c2ccccc2-c2cc3c(-c4ccc5c(c4)-c4ccccc4[Si]54CCCC4)c4ccccc4c(-c4ccc5c(c4)-c4ccccc4[Si]54CCCC4)c3cc21. The van der Waals surface area contributed by atoms with E-state index in [1.165, 1.54) is 127 Å². The molecule has 0 atom stereocenters. The van der Waals surface area contributed by atoms with E-state index >= 15 is 0 Å². The van der Waals surface area contributed by atoms with Gasteiger partial charge in [0.1, 0.15) is 24.2 Å². The first kappa shape index (κ1) is 33.0. The van der Waals surface area contributed by atoms with Crippen LogP contribution >= 0.6 is 0 Å². The van der Waals surface area contributed by atoms with Crippen molar-refractivity contribution in [3.63, 3.8) is 0 Å². The van der Waals surface area contributed by atoms with Crippen LogP contribution in [0.5, 0.6) is 0 Å². The van der Waals surface area contributed by atoms with E-state index in [0.717, 1.165) is 0 Å². The Hall–Kier alpha value is -5.07. The predicted octanol–water partition coefficient (Wildman–Crippen LogP) is 10.8. The van der Waals surface area contributed by atoms with Gasteiger partial charge in [-0.05, 0) is 151 Å². The van der Waals surface area contributed by atoms with Gasteiger partial charge in [0.25, 0.3) is 0 Å². The fourth-order valence-electron chi connectivity index (χ4n) is 13.3. The average Bonchev–Trinajstić information content (AvgIpc) is 4.09. The second-order valence-corrected chi connectivity index (χ2v) is 31.4. The molecule has 5 heterocycles. The zero-order valence-corrected chi connectivity index (χ0v) is 36.0. The van der Waals surface area contributed by atoms with Crippen molar-refractivity contribution >= 4 is 76.9 Å². The van der Waals surface area contributed by atoms with Gasteiger partial charge in [0.15, 0.2) is 0 Å². The maximum atomic E-state index is 2.68. The quantitative estimate of drug-likeness (QED) is 0.121. The monoisotopic (exact) mass is 778 g/mol. The maximum absolute atomic E-state index is 2.68. The molecule has 13 rings (SSSR count). The van der Waals surface area contributed by atoms with Gasteiger partial charge in [-0.15, -0.1) is 0 Å². The zero-order valence-electron chi connectivity index (χ0n) is 33.0. The van der Waals surface area contributed by atoms with Crippen molar-refractivity contribution in [2.24, 2.45) is 0 Å². The first-order chi connectivity index (χ1) is 28.0. The van der Waals surface area contributed by atoms with Crippen molar-refractivity contribution in [2.45, 2.75) is 63.0 Å². The van der Waals surface area contributed by atoms with Crippen LogP contribution in [-0.4, -0.2) is 24.2 Å². The molecule has 0 saturated carbocycles. The van der Waals surface area contributed by atoms with Gasteiger partial charge < -0.3 is 0 Å². The summed E-state index contributed by atoms with van der Waals surface area (Å²) in [5.74, 6) is 0. The Kier molecular flexibility index (Phi) is 6.67. The highest BCUT2D eigenvalue weighted by atomic mass is 28.3. The van der Waals surface area contributed by atoms with E-state index in [0.29, 0.717) is 0 Å². The molecule has 57 heavy (non-hydrogen) atoms. The van der Waals surface area contributed by atoms with Crippen molar-refractivity contribution in [1.82, 2.24) is 0 Å². The molecule has 274 valence electrons. The minimum atomic E-state index is -1.94. The van der Waals surface area contributed by atoms with Crippen molar-refractivity contribution in [3.8, 4) is 55.6 Å². The van der Waals surface area contributed by atoms with Crippen molar-refractivity contribution < 1.29 is 0 Å². The summed E-state index contributed by atoms with van der Waals surface area (Å²) in [5.41, 5.74) is 14.5. The second-order valence-electron chi connectivity index (χ2n) is 18.6. The van der Waals surface area contributed by atoms with Crippen LogP contribution in [0.15, 0.2) is 146 Å². The van der Waals surface area contributed by atoms with Crippen LogP contribution < -0.4 is 31.1 Å². The van der Waals surface area contributed by atoms with Crippen molar-refractivity contribution in [1.29, 1.82) is 0 Å². The highest BCUT2D eigenvalue weighted by Crippen LogP contribution is 2.49. The number of benzene rings is 8. The number of hydrogen-bond donors (Lipinski definition) is 0. The van der Waals surface area contributed by atoms with Gasteiger partial charge in [-0.25, -0.2) is 0 Å². The summed E-state index contributed by atoms with van der Waals surface area (Å²) in [7, 11) is -5.34. The van der Waals surface area contributed by atoms with E-state index in [1.54, 1.807) is 31.1 Å². The fourth-order valence-corrected chi connectivity index (χ4v) is 27.5. The summed E-state index contributed by atoms with van der Waals surface area (Å²) < 4.78 is 0. The number of rotatable bonds is 2. The lowest BCUT2D eigenvalue weighted by Crippen LogP contribution is -2.52. The van der Waals surface area contributed by atoms with Crippen molar-refractivity contribution in [3.05, 3.63) is 146 Å². The summed E-state index contributed by atoms with van der Waals surface area (Å²) in [6.45, 7) is 5.15. The molecule has 2 saturated heterocycles. The number of hydrogen-bond acceptors (Lipinski definition) is 0. The molecule has 0 radical (unpaired) electrons. The lowest BCUT2D eigenvalue weighted by molar-refractivity contribution is 0.935. The maximum Gasteiger partial charge on any atom is 0.119 e. The highest BCUT2D eigenvalue weighted by Gasteiger charge is 2.48. The van der Waals surface area contributed by atoms with E-state index in [9.17, 15) is 0 Å². The molecular weight excluding hydrogens is 733 g/mol. The Bertz CT molecular complexity index is 3060. The summed E-state index contributed by atoms with van der Waals surface area (Å²) in [6, 6.07) is 64.1. The molecule has 0 aliphatic carbocycles. The van der Waals surface area contributed by atoms with Crippen LogP contribution in [0.25, 0.3) is 77.2 Å². The third kappa shape index (κ3) is 4.17. The van der Waals surface area contributed by atoms with E-state index in [2.05, 4.69) is 159 Å². The largest absolute Gasteiger partial charge is 0.119 e. The molecule has 5 aliphatic heterocycles. The predicted molar refractivity (Wildman–Crippen MR) is 253 cm³/mol. The molecule has 0 N–H and O–H groups in total. The third-order valence-electron chi connectivity index (χ3n) is 15.8. The summed E-state index contributed by atoms with van der Waals surface area (Å²) >= 11 is 0. The Labute approximate surface area is 339 Å². The van der Waals surface area contributed by atoms with Gasteiger partial charge in [-0.1, -0.05) is 166 Å². The van der Waals surface area contributed by atoms with Crippen LogP contribution in [0.2, 0.25) is 37.3 Å². The molecule has 0 aromatic heterocycles. The van der Waals surface area contributed by atoms with Crippen LogP contribution in [0.3, 0.4) is 0 Å². The summed E-state index contributed by atoms with van der Waals surface area (Å²) in [4.78, 5) is 0. The third-order valence-corrected chi connectivity index (χ3v) is 30.0.